The third kappa shape index (κ3) is 1.93. The average molecular weight is 224 g/mol. The summed E-state index contributed by atoms with van der Waals surface area (Å²) in [5.41, 5.74) is 0. The molecule has 80 valence electrons. The molecule has 1 aliphatic heterocycles. The first-order valence-electron chi connectivity index (χ1n) is 5.56. The van der Waals surface area contributed by atoms with Crippen molar-refractivity contribution in [3.8, 4) is 0 Å². The van der Waals surface area contributed by atoms with Crippen molar-refractivity contribution in [1.82, 2.24) is 9.97 Å². The lowest BCUT2D eigenvalue weighted by Gasteiger charge is -2.17. The van der Waals surface area contributed by atoms with E-state index < -0.39 is 0 Å². The van der Waals surface area contributed by atoms with Gasteiger partial charge in [0.1, 0.15) is 5.82 Å². The predicted molar refractivity (Wildman–Crippen MR) is 60.1 cm³/mol. The molecule has 2 aliphatic rings. The highest BCUT2D eigenvalue weighted by molar-refractivity contribution is 6.28. The Balaban J connectivity index is 1.72. The van der Waals surface area contributed by atoms with E-state index >= 15 is 0 Å². The summed E-state index contributed by atoms with van der Waals surface area (Å²) < 4.78 is 0. The fourth-order valence-corrected chi connectivity index (χ4v) is 2.59. The molecule has 0 amide bonds. The lowest BCUT2D eigenvalue weighted by molar-refractivity contribution is 0.514. The molecule has 1 aromatic heterocycles. The van der Waals surface area contributed by atoms with E-state index in [9.17, 15) is 0 Å². The van der Waals surface area contributed by atoms with Gasteiger partial charge in [-0.15, -0.1) is 0 Å². The van der Waals surface area contributed by atoms with Gasteiger partial charge in [-0.25, -0.2) is 9.97 Å². The van der Waals surface area contributed by atoms with Gasteiger partial charge in [-0.05, 0) is 48.8 Å². The molecule has 1 aliphatic carbocycles. The van der Waals surface area contributed by atoms with Gasteiger partial charge in [-0.1, -0.05) is 0 Å². The Kier molecular flexibility index (Phi) is 2.28. The number of hydrogen-bond acceptors (Lipinski definition) is 3. The normalized spacial score (nSPS) is 25.9. The van der Waals surface area contributed by atoms with Crippen LogP contribution in [0.2, 0.25) is 5.28 Å². The van der Waals surface area contributed by atoms with Gasteiger partial charge in [0.25, 0.3) is 0 Å². The van der Waals surface area contributed by atoms with Gasteiger partial charge in [-0.2, -0.15) is 0 Å². The molecule has 3 nitrogen and oxygen atoms in total. The zero-order valence-corrected chi connectivity index (χ0v) is 9.32. The zero-order chi connectivity index (χ0) is 10.3. The van der Waals surface area contributed by atoms with Crippen LogP contribution < -0.4 is 4.90 Å². The number of rotatable bonds is 2. The second-order valence-electron chi connectivity index (χ2n) is 4.52. The largest absolute Gasteiger partial charge is 0.356 e. The summed E-state index contributed by atoms with van der Waals surface area (Å²) in [7, 11) is 0. The van der Waals surface area contributed by atoms with E-state index in [1.54, 1.807) is 6.20 Å². The number of hydrogen-bond donors (Lipinski definition) is 0. The maximum Gasteiger partial charge on any atom is 0.224 e. The summed E-state index contributed by atoms with van der Waals surface area (Å²) in [5.74, 6) is 2.86. The van der Waals surface area contributed by atoms with E-state index in [0.29, 0.717) is 5.28 Å². The van der Waals surface area contributed by atoms with Crippen LogP contribution in [0.3, 0.4) is 0 Å². The molecule has 4 heteroatoms. The summed E-state index contributed by atoms with van der Waals surface area (Å²) >= 11 is 5.79. The Bertz CT molecular complexity index is 365. The number of nitrogens with zero attached hydrogens (tertiary/aromatic N) is 3. The molecule has 2 heterocycles. The molecule has 1 saturated heterocycles. The number of anilines is 1. The molecule has 0 aromatic carbocycles. The van der Waals surface area contributed by atoms with Gasteiger partial charge in [-0.3, -0.25) is 0 Å². The van der Waals surface area contributed by atoms with Crippen molar-refractivity contribution in [2.24, 2.45) is 11.8 Å². The van der Waals surface area contributed by atoms with E-state index in [0.717, 1.165) is 30.7 Å². The van der Waals surface area contributed by atoms with Gasteiger partial charge < -0.3 is 4.90 Å². The van der Waals surface area contributed by atoms with Crippen molar-refractivity contribution >= 4 is 17.4 Å². The Morgan fingerprint density at radius 1 is 1.27 bits per heavy atom. The van der Waals surface area contributed by atoms with Crippen molar-refractivity contribution in [3.05, 3.63) is 17.5 Å². The Morgan fingerprint density at radius 3 is 2.87 bits per heavy atom. The second kappa shape index (κ2) is 3.63. The van der Waals surface area contributed by atoms with E-state index in [2.05, 4.69) is 14.9 Å². The van der Waals surface area contributed by atoms with Crippen molar-refractivity contribution in [2.45, 2.75) is 19.3 Å². The molecule has 15 heavy (non-hydrogen) atoms. The molecular formula is C11H14ClN3. The molecule has 0 N–H and O–H groups in total. The van der Waals surface area contributed by atoms with Crippen LogP contribution in [0.4, 0.5) is 5.82 Å². The number of aromatic nitrogens is 2. The summed E-state index contributed by atoms with van der Waals surface area (Å²) in [6.45, 7) is 2.27. The highest BCUT2D eigenvalue weighted by Crippen LogP contribution is 2.41. The van der Waals surface area contributed by atoms with Crippen molar-refractivity contribution < 1.29 is 0 Å². The highest BCUT2D eigenvalue weighted by atomic mass is 35.5. The van der Waals surface area contributed by atoms with Crippen LogP contribution in [0.5, 0.6) is 0 Å². The molecule has 1 unspecified atom stereocenters. The van der Waals surface area contributed by atoms with Crippen molar-refractivity contribution in [2.75, 3.05) is 18.0 Å². The third-order valence-corrected chi connectivity index (χ3v) is 3.63. The molecule has 0 radical (unpaired) electrons. The van der Waals surface area contributed by atoms with Crippen molar-refractivity contribution in [3.63, 3.8) is 0 Å². The minimum Gasteiger partial charge on any atom is -0.356 e. The predicted octanol–water partition coefficient (Wildman–Crippen LogP) is 2.37. The minimum absolute atomic E-state index is 0.349. The fraction of sp³-hybridized carbons (Fsp3) is 0.636. The standard InChI is InChI=1S/C11H14ClN3/c12-11-13-5-3-10(14-11)15-6-4-9(7-15)8-1-2-8/h3,5,8-9H,1-2,4,6-7H2. The topological polar surface area (TPSA) is 29.0 Å². The maximum absolute atomic E-state index is 5.79. The second-order valence-corrected chi connectivity index (χ2v) is 4.85. The van der Waals surface area contributed by atoms with Gasteiger partial charge in [0, 0.05) is 19.3 Å². The average Bonchev–Trinajstić information content (AvgIpc) is 2.97. The van der Waals surface area contributed by atoms with Crippen LogP contribution in [0.25, 0.3) is 0 Å². The van der Waals surface area contributed by atoms with Gasteiger partial charge in [0.15, 0.2) is 0 Å². The highest BCUT2D eigenvalue weighted by Gasteiger charge is 2.36. The van der Waals surface area contributed by atoms with Crippen molar-refractivity contribution in [1.29, 1.82) is 0 Å². The zero-order valence-electron chi connectivity index (χ0n) is 8.56. The van der Waals surface area contributed by atoms with Gasteiger partial charge in [0.05, 0.1) is 0 Å². The molecule has 2 fully saturated rings. The van der Waals surface area contributed by atoms with Crippen LogP contribution in [0, 0.1) is 11.8 Å². The SMILES string of the molecule is Clc1nccc(N2CCC(C3CC3)C2)n1. The molecule has 3 rings (SSSR count). The Morgan fingerprint density at radius 2 is 2.13 bits per heavy atom. The quantitative estimate of drug-likeness (QED) is 0.721. The summed E-state index contributed by atoms with van der Waals surface area (Å²) in [6.07, 6.45) is 5.91. The Labute approximate surface area is 94.5 Å². The first kappa shape index (κ1) is 9.40. The smallest absolute Gasteiger partial charge is 0.224 e. The molecule has 1 aromatic rings. The molecule has 1 atom stereocenters. The van der Waals surface area contributed by atoms with E-state index in [1.807, 2.05) is 6.07 Å². The summed E-state index contributed by atoms with van der Waals surface area (Å²) in [6, 6.07) is 1.95. The van der Waals surface area contributed by atoms with Gasteiger partial charge in [0.2, 0.25) is 5.28 Å². The van der Waals surface area contributed by atoms with E-state index in [1.165, 1.54) is 19.3 Å². The molecule has 1 saturated carbocycles. The molecule has 0 bridgehead atoms. The van der Waals surface area contributed by atoms with E-state index in [4.69, 9.17) is 11.6 Å². The van der Waals surface area contributed by atoms with Crippen LogP contribution in [-0.2, 0) is 0 Å². The molecular weight excluding hydrogens is 210 g/mol. The Hall–Kier alpha value is -0.830. The van der Waals surface area contributed by atoms with Crippen LogP contribution in [0.1, 0.15) is 19.3 Å². The maximum atomic E-state index is 5.79. The first-order valence-corrected chi connectivity index (χ1v) is 5.94. The third-order valence-electron chi connectivity index (χ3n) is 3.45. The minimum atomic E-state index is 0.349. The van der Waals surface area contributed by atoms with Crippen LogP contribution in [-0.4, -0.2) is 23.1 Å². The van der Waals surface area contributed by atoms with Crippen LogP contribution in [0.15, 0.2) is 12.3 Å². The van der Waals surface area contributed by atoms with E-state index in [-0.39, 0.29) is 0 Å². The fourth-order valence-electron chi connectivity index (χ4n) is 2.45. The molecule has 0 spiro atoms. The van der Waals surface area contributed by atoms with Gasteiger partial charge >= 0.3 is 0 Å². The number of halogens is 1. The lowest BCUT2D eigenvalue weighted by atomic mass is 10.0. The first-order chi connectivity index (χ1) is 7.33. The van der Waals surface area contributed by atoms with Crippen LogP contribution >= 0.6 is 11.6 Å². The monoisotopic (exact) mass is 223 g/mol. The summed E-state index contributed by atoms with van der Waals surface area (Å²) in [5, 5.41) is 0.349. The summed E-state index contributed by atoms with van der Waals surface area (Å²) in [4.78, 5) is 10.5. The lowest BCUT2D eigenvalue weighted by Crippen LogP contribution is -2.21.